The van der Waals surface area contributed by atoms with Gasteiger partial charge in [0.1, 0.15) is 0 Å². The zero-order valence-corrected chi connectivity index (χ0v) is 17.5. The maximum atomic E-state index is 13.0. The molecule has 0 atom stereocenters. The quantitative estimate of drug-likeness (QED) is 0.557. The lowest BCUT2D eigenvalue weighted by Gasteiger charge is -2.22. The number of carbonyl (C=O) groups excluding carboxylic acids is 1. The van der Waals surface area contributed by atoms with Gasteiger partial charge in [-0.05, 0) is 66.6 Å². The molecule has 0 N–H and O–H groups in total. The van der Waals surface area contributed by atoms with E-state index in [0.717, 1.165) is 28.1 Å². The second-order valence-electron chi connectivity index (χ2n) is 6.80. The molecule has 1 amide bonds. The van der Waals surface area contributed by atoms with Gasteiger partial charge in [-0.2, -0.15) is 9.94 Å². The van der Waals surface area contributed by atoms with Gasteiger partial charge in [-0.3, -0.25) is 4.79 Å². The predicted molar refractivity (Wildman–Crippen MR) is 113 cm³/mol. The van der Waals surface area contributed by atoms with E-state index < -0.39 is 0 Å². The summed E-state index contributed by atoms with van der Waals surface area (Å²) in [6.07, 6.45) is 0.268. The van der Waals surface area contributed by atoms with Gasteiger partial charge in [0.25, 0.3) is 0 Å². The first-order valence-electron chi connectivity index (χ1n) is 9.22. The van der Waals surface area contributed by atoms with Crippen LogP contribution < -0.4 is 4.90 Å². The third kappa shape index (κ3) is 5.21. The minimum Gasteiger partial charge on any atom is -0.311 e. The highest BCUT2D eigenvalue weighted by molar-refractivity contribution is 7.99. The number of aromatic nitrogens is 4. The Kier molecular flexibility index (Phi) is 6.62. The van der Waals surface area contributed by atoms with Gasteiger partial charge in [0.2, 0.25) is 11.1 Å². The molecular weight excluding hydrogens is 384 g/mol. The highest BCUT2D eigenvalue weighted by Crippen LogP contribution is 2.23. The highest BCUT2D eigenvalue weighted by atomic mass is 32.2. The summed E-state index contributed by atoms with van der Waals surface area (Å²) >= 11 is 1.28. The SMILES string of the molecule is Cc1ccc(-n2nnnc2SCC(=O)N(CCC#N)c2cc(C)cc(C)c2)cc1. The number of hydrogen-bond acceptors (Lipinski definition) is 6. The number of aryl methyl sites for hydroxylation is 3. The van der Waals surface area contributed by atoms with Crippen LogP contribution in [0.2, 0.25) is 0 Å². The molecule has 3 aromatic rings. The number of amides is 1. The van der Waals surface area contributed by atoms with Gasteiger partial charge in [0.15, 0.2) is 0 Å². The van der Waals surface area contributed by atoms with E-state index in [4.69, 9.17) is 5.26 Å². The predicted octanol–water partition coefficient (Wildman–Crippen LogP) is 3.63. The molecule has 1 heterocycles. The summed E-state index contributed by atoms with van der Waals surface area (Å²) in [5.74, 6) is 0.0821. The van der Waals surface area contributed by atoms with E-state index in [1.54, 1.807) is 9.58 Å². The molecule has 0 unspecified atom stereocenters. The molecule has 0 aliphatic carbocycles. The molecule has 148 valence electrons. The maximum absolute atomic E-state index is 13.0. The summed E-state index contributed by atoms with van der Waals surface area (Å²) in [5, 5.41) is 21.4. The Hall–Kier alpha value is -3.18. The van der Waals surface area contributed by atoms with Gasteiger partial charge in [0.05, 0.1) is 23.9 Å². The molecule has 8 heteroatoms. The number of hydrogen-bond donors (Lipinski definition) is 0. The average Bonchev–Trinajstić information content (AvgIpc) is 3.15. The van der Waals surface area contributed by atoms with Gasteiger partial charge in [0, 0.05) is 12.2 Å². The summed E-state index contributed by atoms with van der Waals surface area (Å²) in [6, 6.07) is 15.9. The largest absolute Gasteiger partial charge is 0.311 e. The van der Waals surface area contributed by atoms with E-state index >= 15 is 0 Å². The molecule has 0 spiro atoms. The summed E-state index contributed by atoms with van der Waals surface area (Å²) in [5.41, 5.74) is 4.94. The highest BCUT2D eigenvalue weighted by Gasteiger charge is 2.18. The van der Waals surface area contributed by atoms with Crippen LogP contribution in [0.5, 0.6) is 0 Å². The van der Waals surface area contributed by atoms with Crippen molar-refractivity contribution in [2.45, 2.75) is 32.3 Å². The fourth-order valence-corrected chi connectivity index (χ4v) is 3.75. The van der Waals surface area contributed by atoms with Gasteiger partial charge in [-0.15, -0.1) is 5.10 Å². The van der Waals surface area contributed by atoms with Crippen molar-refractivity contribution < 1.29 is 4.79 Å². The molecule has 0 radical (unpaired) electrons. The summed E-state index contributed by atoms with van der Waals surface area (Å²) in [4.78, 5) is 14.6. The topological polar surface area (TPSA) is 87.7 Å². The van der Waals surface area contributed by atoms with Crippen molar-refractivity contribution in [3.63, 3.8) is 0 Å². The van der Waals surface area contributed by atoms with E-state index in [1.807, 2.05) is 57.2 Å². The van der Waals surface area contributed by atoms with Crippen molar-refractivity contribution in [2.24, 2.45) is 0 Å². The van der Waals surface area contributed by atoms with Crippen LogP contribution in [0.3, 0.4) is 0 Å². The van der Waals surface area contributed by atoms with Crippen molar-refractivity contribution >= 4 is 23.4 Å². The number of rotatable bonds is 7. The van der Waals surface area contributed by atoms with Crippen LogP contribution in [0.15, 0.2) is 47.6 Å². The number of benzene rings is 2. The summed E-state index contributed by atoms with van der Waals surface area (Å²) in [6.45, 7) is 6.35. The van der Waals surface area contributed by atoms with Crippen LogP contribution in [-0.4, -0.2) is 38.4 Å². The molecule has 2 aromatic carbocycles. The number of carbonyl (C=O) groups is 1. The van der Waals surface area contributed by atoms with Crippen LogP contribution >= 0.6 is 11.8 Å². The first-order valence-corrected chi connectivity index (χ1v) is 10.2. The summed E-state index contributed by atoms with van der Waals surface area (Å²) < 4.78 is 1.62. The van der Waals surface area contributed by atoms with Gasteiger partial charge < -0.3 is 4.90 Å². The molecule has 29 heavy (non-hydrogen) atoms. The molecule has 1 aromatic heterocycles. The van der Waals surface area contributed by atoms with Crippen LogP contribution in [-0.2, 0) is 4.79 Å². The van der Waals surface area contributed by atoms with Crippen molar-refractivity contribution in [3.8, 4) is 11.8 Å². The second kappa shape index (κ2) is 9.34. The third-order valence-corrected chi connectivity index (χ3v) is 5.21. The number of thioether (sulfide) groups is 1. The molecule has 0 saturated carbocycles. The van der Waals surface area contributed by atoms with Gasteiger partial charge in [-0.25, -0.2) is 0 Å². The third-order valence-electron chi connectivity index (χ3n) is 4.31. The normalized spacial score (nSPS) is 10.6. The number of nitriles is 1. The number of tetrazole rings is 1. The van der Waals surface area contributed by atoms with E-state index in [-0.39, 0.29) is 18.1 Å². The first kappa shape index (κ1) is 20.6. The summed E-state index contributed by atoms with van der Waals surface area (Å²) in [7, 11) is 0. The molecule has 0 aliphatic rings. The Morgan fingerprint density at radius 3 is 2.45 bits per heavy atom. The Morgan fingerprint density at radius 2 is 1.79 bits per heavy atom. The molecule has 0 aliphatic heterocycles. The average molecular weight is 407 g/mol. The lowest BCUT2D eigenvalue weighted by molar-refractivity contribution is -0.116. The van der Waals surface area contributed by atoms with E-state index in [1.165, 1.54) is 11.8 Å². The Bertz CT molecular complexity index is 1020. The second-order valence-corrected chi connectivity index (χ2v) is 7.74. The smallest absolute Gasteiger partial charge is 0.237 e. The Morgan fingerprint density at radius 1 is 1.10 bits per heavy atom. The van der Waals surface area contributed by atoms with Crippen molar-refractivity contribution in [1.82, 2.24) is 20.2 Å². The molecular formula is C21H22N6OS. The van der Waals surface area contributed by atoms with Crippen LogP contribution in [0.25, 0.3) is 5.69 Å². The zero-order valence-electron chi connectivity index (χ0n) is 16.7. The number of anilines is 1. The van der Waals surface area contributed by atoms with Crippen LogP contribution in [0.1, 0.15) is 23.1 Å². The Labute approximate surface area is 174 Å². The van der Waals surface area contributed by atoms with E-state index in [9.17, 15) is 4.79 Å². The minimum absolute atomic E-state index is 0.0892. The van der Waals surface area contributed by atoms with Crippen molar-refractivity contribution in [2.75, 3.05) is 17.2 Å². The fourth-order valence-electron chi connectivity index (χ4n) is 2.99. The number of nitrogens with zero attached hydrogens (tertiary/aromatic N) is 6. The Balaban J connectivity index is 1.76. The minimum atomic E-state index is -0.0892. The van der Waals surface area contributed by atoms with E-state index in [0.29, 0.717) is 11.7 Å². The van der Waals surface area contributed by atoms with E-state index in [2.05, 4.69) is 27.7 Å². The maximum Gasteiger partial charge on any atom is 0.237 e. The van der Waals surface area contributed by atoms with Crippen molar-refractivity contribution in [3.05, 3.63) is 59.2 Å². The lowest BCUT2D eigenvalue weighted by Crippen LogP contribution is -2.33. The fraction of sp³-hybridized carbons (Fsp3) is 0.286. The monoisotopic (exact) mass is 406 g/mol. The molecule has 0 saturated heterocycles. The molecule has 0 fully saturated rings. The van der Waals surface area contributed by atoms with Crippen molar-refractivity contribution in [1.29, 1.82) is 5.26 Å². The van der Waals surface area contributed by atoms with Crippen LogP contribution in [0, 0.1) is 32.1 Å². The van der Waals surface area contributed by atoms with Crippen LogP contribution in [0.4, 0.5) is 5.69 Å². The lowest BCUT2D eigenvalue weighted by atomic mass is 10.1. The standard InChI is InChI=1S/C21H22N6OS/c1-15-5-7-18(8-6-15)27-21(23-24-25-27)29-14-20(28)26(10-4-9-22)19-12-16(2)11-17(3)13-19/h5-8,11-13H,4,10,14H2,1-3H3. The first-order chi connectivity index (χ1) is 14.0. The van der Waals surface area contributed by atoms with Gasteiger partial charge in [-0.1, -0.05) is 35.5 Å². The van der Waals surface area contributed by atoms with Gasteiger partial charge >= 0.3 is 0 Å². The molecule has 3 rings (SSSR count). The zero-order chi connectivity index (χ0) is 20.8. The molecule has 0 bridgehead atoms. The molecule has 7 nitrogen and oxygen atoms in total.